The van der Waals surface area contributed by atoms with Gasteiger partial charge >= 0.3 is 0 Å². The zero-order chi connectivity index (χ0) is 16.5. The third kappa shape index (κ3) is 5.61. The van der Waals surface area contributed by atoms with Gasteiger partial charge in [-0.1, -0.05) is 18.6 Å². The van der Waals surface area contributed by atoms with E-state index in [-0.39, 0.29) is 11.9 Å². The number of thiocarbonyl (C=S) groups is 1. The molecule has 2 heterocycles. The molecule has 0 aromatic carbocycles. The summed E-state index contributed by atoms with van der Waals surface area (Å²) in [6.45, 7) is 5.38. The Morgan fingerprint density at radius 2 is 2.35 bits per heavy atom. The molecule has 1 atom stereocenters. The van der Waals surface area contributed by atoms with E-state index in [9.17, 15) is 4.79 Å². The number of pyridine rings is 1. The fraction of sp³-hybridized carbons (Fsp3) is 0.438. The van der Waals surface area contributed by atoms with Gasteiger partial charge in [-0.05, 0) is 43.2 Å². The van der Waals surface area contributed by atoms with Gasteiger partial charge in [0.05, 0.1) is 6.54 Å². The maximum atomic E-state index is 12.1. The third-order valence-corrected chi connectivity index (χ3v) is 4.00. The van der Waals surface area contributed by atoms with Gasteiger partial charge in [-0.3, -0.25) is 25.5 Å². The number of carbonyl (C=O) groups is 1. The highest BCUT2D eigenvalue weighted by atomic mass is 32.1. The summed E-state index contributed by atoms with van der Waals surface area (Å²) in [4.78, 5) is 18.5. The first-order valence-electron chi connectivity index (χ1n) is 7.78. The van der Waals surface area contributed by atoms with E-state index in [0.29, 0.717) is 18.2 Å². The number of hydrogen-bond acceptors (Lipinski definition) is 4. The first-order valence-corrected chi connectivity index (χ1v) is 8.19. The molecule has 0 bridgehead atoms. The quantitative estimate of drug-likeness (QED) is 0.429. The van der Waals surface area contributed by atoms with Crippen LogP contribution in [0.2, 0.25) is 0 Å². The van der Waals surface area contributed by atoms with Crippen LogP contribution in [0.3, 0.4) is 0 Å². The molecule has 1 aromatic heterocycles. The van der Waals surface area contributed by atoms with E-state index in [2.05, 4.69) is 38.7 Å². The Bertz CT molecular complexity index is 537. The Kier molecular flexibility index (Phi) is 6.96. The first-order chi connectivity index (χ1) is 11.2. The van der Waals surface area contributed by atoms with Gasteiger partial charge in [-0.25, -0.2) is 0 Å². The molecule has 0 saturated carbocycles. The molecule has 0 spiro atoms. The van der Waals surface area contributed by atoms with Crippen molar-refractivity contribution in [3.05, 3.63) is 42.7 Å². The summed E-state index contributed by atoms with van der Waals surface area (Å²) >= 11 is 5.04. The van der Waals surface area contributed by atoms with Crippen molar-refractivity contribution in [3.63, 3.8) is 0 Å². The Labute approximate surface area is 142 Å². The van der Waals surface area contributed by atoms with Crippen LogP contribution in [-0.2, 0) is 4.79 Å². The number of carbonyl (C=O) groups excluding carboxylic acids is 1. The molecule has 1 aliphatic heterocycles. The van der Waals surface area contributed by atoms with Crippen molar-refractivity contribution >= 4 is 23.2 Å². The predicted octanol–water partition coefficient (Wildman–Crippen LogP) is 1.29. The van der Waals surface area contributed by atoms with Crippen LogP contribution in [0.1, 0.15) is 30.9 Å². The normalized spacial score (nSPS) is 18.0. The van der Waals surface area contributed by atoms with Crippen LogP contribution < -0.4 is 16.2 Å². The largest absolute Gasteiger partial charge is 0.358 e. The Hall–Kier alpha value is -1.99. The van der Waals surface area contributed by atoms with Crippen LogP contribution in [0.25, 0.3) is 0 Å². The second kappa shape index (κ2) is 9.22. The van der Waals surface area contributed by atoms with Crippen LogP contribution in [-0.4, -0.2) is 40.5 Å². The summed E-state index contributed by atoms with van der Waals surface area (Å²) in [5.74, 6) is -0.108. The first kappa shape index (κ1) is 17.4. The highest BCUT2D eigenvalue weighted by molar-refractivity contribution is 7.80. The van der Waals surface area contributed by atoms with Crippen molar-refractivity contribution in [1.82, 2.24) is 26.1 Å². The van der Waals surface area contributed by atoms with Crippen molar-refractivity contribution in [1.29, 1.82) is 0 Å². The van der Waals surface area contributed by atoms with Crippen LogP contribution >= 0.6 is 12.2 Å². The number of nitrogens with zero attached hydrogens (tertiary/aromatic N) is 2. The number of likely N-dealkylation sites (tertiary alicyclic amines) is 1. The summed E-state index contributed by atoms with van der Waals surface area (Å²) in [6.07, 6.45) is 8.67. The van der Waals surface area contributed by atoms with Crippen molar-refractivity contribution in [2.75, 3.05) is 19.6 Å². The molecule has 1 fully saturated rings. The van der Waals surface area contributed by atoms with Gasteiger partial charge in [-0.2, -0.15) is 0 Å². The molecule has 1 amide bonds. The smallest absolute Gasteiger partial charge is 0.252 e. The molecule has 0 aliphatic carbocycles. The van der Waals surface area contributed by atoms with Crippen LogP contribution in [0.15, 0.2) is 37.2 Å². The van der Waals surface area contributed by atoms with E-state index in [4.69, 9.17) is 12.2 Å². The molecule has 1 aliphatic rings. The summed E-state index contributed by atoms with van der Waals surface area (Å²) in [5.41, 5.74) is 6.48. The number of amides is 1. The molecule has 23 heavy (non-hydrogen) atoms. The fourth-order valence-electron chi connectivity index (χ4n) is 2.69. The van der Waals surface area contributed by atoms with Gasteiger partial charge in [0.2, 0.25) is 0 Å². The molecule has 7 heteroatoms. The van der Waals surface area contributed by atoms with Gasteiger partial charge in [0.1, 0.15) is 0 Å². The number of nitrogens with one attached hydrogen (secondary N) is 3. The molecular formula is C16H23N5OS. The lowest BCUT2D eigenvalue weighted by atomic mass is 9.96. The number of aromatic nitrogens is 1. The van der Waals surface area contributed by atoms with E-state index in [1.165, 1.54) is 6.42 Å². The standard InChI is InChI=1S/C16H23N5OS/c1-2-8-18-16(23)20-19-15(22)12-21-10-4-3-7-14(21)13-6-5-9-17-11-13/h2,5-6,9,11,14H,1,3-4,7-8,10,12H2,(H,19,22)(H2,18,20,23). The SMILES string of the molecule is C=CCNC(=S)NNC(=O)CN1CCCCC1c1cccnc1. The second-order valence-electron chi connectivity index (χ2n) is 5.44. The molecule has 0 radical (unpaired) electrons. The number of rotatable bonds is 5. The highest BCUT2D eigenvalue weighted by Gasteiger charge is 2.25. The number of hydrazine groups is 1. The summed E-state index contributed by atoms with van der Waals surface area (Å²) in [6, 6.07) is 4.25. The minimum Gasteiger partial charge on any atom is -0.358 e. The van der Waals surface area contributed by atoms with E-state index in [0.717, 1.165) is 24.9 Å². The second-order valence-corrected chi connectivity index (χ2v) is 5.85. The minimum atomic E-state index is -0.108. The van der Waals surface area contributed by atoms with Gasteiger partial charge in [-0.15, -0.1) is 6.58 Å². The van der Waals surface area contributed by atoms with E-state index in [1.807, 2.05) is 12.3 Å². The molecule has 3 N–H and O–H groups in total. The average Bonchev–Trinajstić information content (AvgIpc) is 2.59. The lowest BCUT2D eigenvalue weighted by molar-refractivity contribution is -0.123. The lowest BCUT2D eigenvalue weighted by Gasteiger charge is -2.35. The molecule has 124 valence electrons. The molecule has 2 rings (SSSR count). The Morgan fingerprint density at radius 1 is 1.48 bits per heavy atom. The maximum absolute atomic E-state index is 12.1. The van der Waals surface area contributed by atoms with Gasteiger partial charge in [0.25, 0.3) is 5.91 Å². The van der Waals surface area contributed by atoms with Gasteiger partial charge in [0.15, 0.2) is 5.11 Å². The molecule has 1 aromatic rings. The summed E-state index contributed by atoms with van der Waals surface area (Å²) in [7, 11) is 0. The average molecular weight is 333 g/mol. The Morgan fingerprint density at radius 3 is 3.09 bits per heavy atom. The monoisotopic (exact) mass is 333 g/mol. The van der Waals surface area contributed by atoms with Crippen molar-refractivity contribution in [3.8, 4) is 0 Å². The van der Waals surface area contributed by atoms with Crippen LogP contribution in [0.5, 0.6) is 0 Å². The van der Waals surface area contributed by atoms with Gasteiger partial charge in [0, 0.05) is 25.0 Å². The fourth-order valence-corrected chi connectivity index (χ4v) is 2.82. The van der Waals surface area contributed by atoms with E-state index in [1.54, 1.807) is 12.3 Å². The highest BCUT2D eigenvalue weighted by Crippen LogP contribution is 2.29. The molecular weight excluding hydrogens is 310 g/mol. The van der Waals surface area contributed by atoms with Crippen LogP contribution in [0, 0.1) is 0 Å². The number of hydrogen-bond donors (Lipinski definition) is 3. The predicted molar refractivity (Wildman–Crippen MR) is 94.5 cm³/mol. The van der Waals surface area contributed by atoms with Crippen molar-refractivity contribution in [2.24, 2.45) is 0 Å². The van der Waals surface area contributed by atoms with Crippen molar-refractivity contribution in [2.45, 2.75) is 25.3 Å². The third-order valence-electron chi connectivity index (χ3n) is 3.75. The van der Waals surface area contributed by atoms with Gasteiger partial charge < -0.3 is 5.32 Å². The molecule has 6 nitrogen and oxygen atoms in total. The van der Waals surface area contributed by atoms with Crippen molar-refractivity contribution < 1.29 is 4.79 Å². The van der Waals surface area contributed by atoms with Crippen LogP contribution in [0.4, 0.5) is 0 Å². The number of piperidine rings is 1. The lowest BCUT2D eigenvalue weighted by Crippen LogP contribution is -2.50. The zero-order valence-corrected chi connectivity index (χ0v) is 13.9. The topological polar surface area (TPSA) is 69.3 Å². The van der Waals surface area contributed by atoms with E-state index < -0.39 is 0 Å². The maximum Gasteiger partial charge on any atom is 0.252 e. The summed E-state index contributed by atoms with van der Waals surface area (Å²) in [5, 5.41) is 3.27. The Balaban J connectivity index is 1.85. The zero-order valence-electron chi connectivity index (χ0n) is 13.1. The van der Waals surface area contributed by atoms with E-state index >= 15 is 0 Å². The molecule has 1 saturated heterocycles. The molecule has 1 unspecified atom stereocenters. The summed E-state index contributed by atoms with van der Waals surface area (Å²) < 4.78 is 0. The minimum absolute atomic E-state index is 0.108.